The van der Waals surface area contributed by atoms with E-state index in [2.05, 4.69) is 13.2 Å². The number of carbonyl (C=O) groups is 9. The van der Waals surface area contributed by atoms with E-state index in [1.807, 2.05) is 0 Å². The molecule has 22 nitrogen and oxygen atoms in total. The summed E-state index contributed by atoms with van der Waals surface area (Å²) in [6.07, 6.45) is -20.7. The van der Waals surface area contributed by atoms with Crippen LogP contribution < -0.4 is 10.6 Å². The number of aliphatic hydroxyl groups excluding tert-OH is 1. The molecule has 0 aromatic rings. The average molecular weight is 1200 g/mol. The van der Waals surface area contributed by atoms with Crippen molar-refractivity contribution in [1.82, 2.24) is 10.6 Å². The normalized spacial score (nSPS) is 24.0. The van der Waals surface area contributed by atoms with E-state index in [0.717, 1.165) is 48.5 Å². The number of hydrogen-bond acceptors (Lipinski definition) is 20. The van der Waals surface area contributed by atoms with Crippen LogP contribution in [0.1, 0.15) is 48.5 Å². The zero-order chi connectivity index (χ0) is 54.2. The molecular formula is C36H48Cl4F6N2O20Sn. The SMILES string of the molecule is C=CCO.C=CCO[C@H]1O[C@H](COC(C)=O)[C@@H](OC(C)=O)[C@H](OC(C)=O)[C@H]1NC(=O)C(F)(F)F.CC(=O)OC[C@H]1OC(OC(C)=O)[C@H](NC(=O)C(F)(F)F)[C@@H](OC(C)=O)[C@@H]1OC(C)=O.[Cl][Sn]([Cl])([Cl])[Cl]. The predicted octanol–water partition coefficient (Wildman–Crippen LogP) is 2.68. The fourth-order valence-electron chi connectivity index (χ4n) is 5.15. The van der Waals surface area contributed by atoms with Gasteiger partial charge in [-0.3, -0.25) is 43.2 Å². The monoisotopic (exact) mass is 1200 g/mol. The van der Waals surface area contributed by atoms with Gasteiger partial charge in [0.2, 0.25) is 6.29 Å². The summed E-state index contributed by atoms with van der Waals surface area (Å²) in [5.41, 5.74) is 0. The minimum atomic E-state index is -5.34. The van der Waals surface area contributed by atoms with E-state index in [-0.39, 0.29) is 13.2 Å². The van der Waals surface area contributed by atoms with Gasteiger partial charge in [-0.05, 0) is 0 Å². The number of amides is 2. The van der Waals surface area contributed by atoms with E-state index >= 15 is 0 Å². The number of carbonyl (C=O) groups excluding carboxylic acids is 9. The van der Waals surface area contributed by atoms with Crippen LogP contribution in [0.4, 0.5) is 26.3 Å². The number of aliphatic hydroxyl groups is 1. The van der Waals surface area contributed by atoms with Crippen LogP contribution in [-0.2, 0) is 90.5 Å². The van der Waals surface area contributed by atoms with Crippen molar-refractivity contribution < 1.29 is 122 Å². The fourth-order valence-corrected chi connectivity index (χ4v) is 5.15. The maximum atomic E-state index is 12.8. The first-order chi connectivity index (χ1) is 31.5. The van der Waals surface area contributed by atoms with Crippen molar-refractivity contribution in [2.24, 2.45) is 0 Å². The van der Waals surface area contributed by atoms with Crippen LogP contribution in [0.2, 0.25) is 0 Å². The summed E-state index contributed by atoms with van der Waals surface area (Å²) in [6, 6.07) is -3.63. The van der Waals surface area contributed by atoms with Gasteiger partial charge in [-0.1, -0.05) is 12.2 Å². The van der Waals surface area contributed by atoms with E-state index in [9.17, 15) is 69.5 Å². The van der Waals surface area contributed by atoms with Crippen molar-refractivity contribution in [3.63, 3.8) is 0 Å². The van der Waals surface area contributed by atoms with E-state index in [4.69, 9.17) is 88.2 Å². The second-order valence-electron chi connectivity index (χ2n) is 13.1. The summed E-state index contributed by atoms with van der Waals surface area (Å²) < 4.78 is 127. The summed E-state index contributed by atoms with van der Waals surface area (Å²) in [5.74, 6) is -11.1. The Morgan fingerprint density at radius 3 is 1.10 bits per heavy atom. The van der Waals surface area contributed by atoms with Gasteiger partial charge >= 0.3 is 116 Å². The molecule has 2 fully saturated rings. The average Bonchev–Trinajstić information content (AvgIpc) is 3.17. The molecule has 2 aliphatic rings. The maximum absolute atomic E-state index is 12.8. The van der Waals surface area contributed by atoms with Gasteiger partial charge in [0.1, 0.15) is 37.5 Å². The molecule has 0 aliphatic carbocycles. The van der Waals surface area contributed by atoms with Crippen LogP contribution in [-0.4, -0.2) is 173 Å². The number of alkyl halides is 6. The number of halogens is 10. The van der Waals surface area contributed by atoms with Gasteiger partial charge in [-0.25, -0.2) is 0 Å². The molecule has 0 bridgehead atoms. The fraction of sp³-hybridized carbons (Fsp3) is 0.639. The Morgan fingerprint density at radius 1 is 0.551 bits per heavy atom. The first-order valence-corrected chi connectivity index (χ1v) is 33.3. The van der Waals surface area contributed by atoms with Gasteiger partial charge in [0, 0.05) is 48.5 Å². The molecule has 2 aliphatic heterocycles. The summed E-state index contributed by atoms with van der Waals surface area (Å²) in [6.45, 7) is 12.3. The van der Waals surface area contributed by atoms with E-state index in [0.29, 0.717) is 0 Å². The molecule has 0 aromatic carbocycles. The molecule has 0 spiro atoms. The summed E-state index contributed by atoms with van der Waals surface area (Å²) in [7, 11) is 20.1. The Kier molecular flexibility index (Phi) is 31.3. The Bertz CT molecular complexity index is 1770. The number of hydrogen-bond donors (Lipinski definition) is 3. The van der Waals surface area contributed by atoms with E-state index in [1.54, 1.807) is 5.32 Å². The minimum absolute atomic E-state index is 0.0833. The molecule has 0 radical (unpaired) electrons. The van der Waals surface area contributed by atoms with Crippen LogP contribution in [0, 0.1) is 0 Å². The quantitative estimate of drug-likeness (QED) is 0.0698. The van der Waals surface area contributed by atoms with Gasteiger partial charge in [-0.15, -0.1) is 13.2 Å². The molecule has 10 atom stereocenters. The van der Waals surface area contributed by atoms with Gasteiger partial charge in [0.15, 0.2) is 30.7 Å². The Balaban J connectivity index is 0. The van der Waals surface area contributed by atoms with Crippen molar-refractivity contribution >= 4 is 103 Å². The molecule has 2 rings (SSSR count). The van der Waals surface area contributed by atoms with Crippen molar-refractivity contribution in [2.75, 3.05) is 26.4 Å². The third-order valence-electron chi connectivity index (χ3n) is 7.30. The van der Waals surface area contributed by atoms with Gasteiger partial charge in [0.25, 0.3) is 0 Å². The van der Waals surface area contributed by atoms with Crippen molar-refractivity contribution in [2.45, 2.75) is 122 Å². The molecule has 69 heavy (non-hydrogen) atoms. The molecular weight excluding hydrogens is 1150 g/mol. The summed E-state index contributed by atoms with van der Waals surface area (Å²) >= 11 is -3.29. The molecule has 3 N–H and O–H groups in total. The molecule has 33 heteroatoms. The Hall–Kier alpha value is -3.91. The van der Waals surface area contributed by atoms with Gasteiger partial charge < -0.3 is 63.1 Å². The van der Waals surface area contributed by atoms with Crippen LogP contribution >= 0.6 is 35.7 Å². The van der Waals surface area contributed by atoms with Gasteiger partial charge in [-0.2, -0.15) is 26.3 Å². The zero-order valence-electron chi connectivity index (χ0n) is 37.2. The first kappa shape index (κ1) is 67.2. The number of nitrogens with one attached hydrogen (secondary N) is 2. The molecule has 0 aromatic heterocycles. The van der Waals surface area contributed by atoms with Crippen LogP contribution in [0.5, 0.6) is 0 Å². The number of rotatable bonds is 15. The molecule has 2 amide bonds. The molecule has 0 saturated carbocycles. The van der Waals surface area contributed by atoms with E-state index < -0.39 is 154 Å². The van der Waals surface area contributed by atoms with Crippen LogP contribution in [0.15, 0.2) is 25.3 Å². The predicted molar refractivity (Wildman–Crippen MR) is 223 cm³/mol. The second kappa shape index (κ2) is 32.1. The summed E-state index contributed by atoms with van der Waals surface area (Å²) in [4.78, 5) is 103. The number of esters is 7. The van der Waals surface area contributed by atoms with Crippen molar-refractivity contribution in [1.29, 1.82) is 0 Å². The molecule has 396 valence electrons. The van der Waals surface area contributed by atoms with Crippen LogP contribution in [0.25, 0.3) is 0 Å². The second-order valence-corrected chi connectivity index (χ2v) is 38.6. The topological polar surface area (TPSA) is 290 Å². The Morgan fingerprint density at radius 2 is 0.841 bits per heavy atom. The molecule has 1 unspecified atom stereocenters. The Labute approximate surface area is 407 Å². The van der Waals surface area contributed by atoms with E-state index in [1.165, 1.54) is 17.5 Å². The standard InChI is InChI=1S/C17H22F3NO9.C16H20F3NO10.C3H6O.4ClH.Sn/c1-5-6-26-15-12(21-16(25)17(18,19)20)14(29-10(4)24)13(28-9(3)23)11(30-15)7-27-8(2)22;1-6(21)26-5-10-12(27-7(2)22)13(28-8(3)23)11(14(30-10)29-9(4)24)20-15(25)16(17,18)19;1-2-3-4;;;;;/h5,11-15H,1,6-7H2,2-4H3,(H,21,25);10-14H,5H2,1-4H3,(H,20,25);2,4H,1,3H2;4*1H;/q;;;;;;;+4/p-4/t11-,12-,13-,14-,15+;10-,11-,12-,13-,14?;;;;;;/m11....../s1. The van der Waals surface area contributed by atoms with Crippen molar-refractivity contribution in [3.05, 3.63) is 25.3 Å². The van der Waals surface area contributed by atoms with Crippen LogP contribution in [0.3, 0.4) is 0 Å². The summed E-state index contributed by atoms with van der Waals surface area (Å²) in [5, 5.41) is 10.9. The first-order valence-electron chi connectivity index (χ1n) is 18.9. The third kappa shape index (κ3) is 29.8. The molecule has 2 saturated heterocycles. The van der Waals surface area contributed by atoms with Crippen molar-refractivity contribution in [3.8, 4) is 0 Å². The molecule has 2 heterocycles. The number of ether oxygens (including phenoxy) is 10. The zero-order valence-corrected chi connectivity index (χ0v) is 43.0. The third-order valence-corrected chi connectivity index (χ3v) is 7.30. The van der Waals surface area contributed by atoms with Gasteiger partial charge in [0.05, 0.1) is 13.2 Å².